The first kappa shape index (κ1) is 12.8. The Bertz CT molecular complexity index is 242. The summed E-state index contributed by atoms with van der Waals surface area (Å²) >= 11 is 0. The molecule has 0 spiro atoms. The first-order valence-electron chi connectivity index (χ1n) is 5.44. The molecule has 0 bridgehead atoms. The molecule has 1 unspecified atom stereocenters. The summed E-state index contributed by atoms with van der Waals surface area (Å²) < 4.78 is 0. The summed E-state index contributed by atoms with van der Waals surface area (Å²) in [5, 5.41) is 0. The number of piperazine rings is 1. The fourth-order valence-electron chi connectivity index (χ4n) is 1.69. The van der Waals surface area contributed by atoms with Crippen LogP contribution in [0.15, 0.2) is 0 Å². The van der Waals surface area contributed by atoms with Crippen molar-refractivity contribution < 1.29 is 9.59 Å². The van der Waals surface area contributed by atoms with Crippen molar-refractivity contribution in [3.8, 4) is 0 Å². The van der Waals surface area contributed by atoms with E-state index in [2.05, 4.69) is 0 Å². The number of carbonyl (C=O) groups is 2. The van der Waals surface area contributed by atoms with Crippen molar-refractivity contribution in [1.82, 2.24) is 14.7 Å². The minimum atomic E-state index is -0.462. The molecule has 1 aliphatic heterocycles. The highest BCUT2D eigenvalue weighted by molar-refractivity contribution is 5.81. The van der Waals surface area contributed by atoms with E-state index in [-0.39, 0.29) is 11.9 Å². The number of rotatable bonds is 1. The van der Waals surface area contributed by atoms with Crippen molar-refractivity contribution in [3.05, 3.63) is 0 Å². The summed E-state index contributed by atoms with van der Waals surface area (Å²) in [6, 6.07) is -0.469. The third-order valence-electron chi connectivity index (χ3n) is 2.63. The molecule has 1 heterocycles. The number of hydrogen-bond acceptors (Lipinski definition) is 3. The van der Waals surface area contributed by atoms with Gasteiger partial charge < -0.3 is 20.4 Å². The predicted molar refractivity (Wildman–Crippen MR) is 60.9 cm³/mol. The van der Waals surface area contributed by atoms with Crippen LogP contribution in [-0.4, -0.2) is 73.0 Å². The van der Waals surface area contributed by atoms with Gasteiger partial charge in [0.1, 0.15) is 0 Å². The molecule has 6 nitrogen and oxygen atoms in total. The summed E-state index contributed by atoms with van der Waals surface area (Å²) in [6.07, 6.45) is 0. The molecule has 0 radical (unpaired) electrons. The van der Waals surface area contributed by atoms with Crippen LogP contribution in [0, 0.1) is 0 Å². The molecule has 0 aromatic carbocycles. The van der Waals surface area contributed by atoms with E-state index < -0.39 is 6.04 Å². The van der Waals surface area contributed by atoms with Gasteiger partial charge >= 0.3 is 6.03 Å². The Morgan fingerprint density at radius 1 is 1.12 bits per heavy atom. The maximum Gasteiger partial charge on any atom is 0.319 e. The smallest absolute Gasteiger partial charge is 0.319 e. The van der Waals surface area contributed by atoms with Crippen LogP contribution in [0.4, 0.5) is 4.79 Å². The van der Waals surface area contributed by atoms with Crippen molar-refractivity contribution in [2.24, 2.45) is 5.73 Å². The van der Waals surface area contributed by atoms with Gasteiger partial charge in [0.2, 0.25) is 5.91 Å². The molecule has 0 aromatic heterocycles. The van der Waals surface area contributed by atoms with Gasteiger partial charge in [0.05, 0.1) is 6.04 Å². The summed E-state index contributed by atoms with van der Waals surface area (Å²) in [7, 11) is 3.45. The lowest BCUT2D eigenvalue weighted by Gasteiger charge is -2.36. The monoisotopic (exact) mass is 228 g/mol. The van der Waals surface area contributed by atoms with Crippen LogP contribution in [0.3, 0.4) is 0 Å². The van der Waals surface area contributed by atoms with Crippen molar-refractivity contribution in [2.45, 2.75) is 13.0 Å². The molecule has 16 heavy (non-hydrogen) atoms. The minimum Gasteiger partial charge on any atom is -0.338 e. The van der Waals surface area contributed by atoms with Gasteiger partial charge in [-0.05, 0) is 6.92 Å². The largest absolute Gasteiger partial charge is 0.338 e. The first-order chi connectivity index (χ1) is 7.43. The highest BCUT2D eigenvalue weighted by atomic mass is 16.2. The molecule has 1 atom stereocenters. The normalized spacial score (nSPS) is 18.2. The lowest BCUT2D eigenvalue weighted by molar-refractivity contribution is -0.133. The molecule has 3 amide bonds. The predicted octanol–water partition coefficient (Wildman–Crippen LogP) is -0.841. The van der Waals surface area contributed by atoms with E-state index in [4.69, 9.17) is 5.73 Å². The summed E-state index contributed by atoms with van der Waals surface area (Å²) in [6.45, 7) is 3.98. The van der Waals surface area contributed by atoms with E-state index in [1.807, 2.05) is 0 Å². The van der Waals surface area contributed by atoms with E-state index in [9.17, 15) is 9.59 Å². The van der Waals surface area contributed by atoms with Gasteiger partial charge in [0.25, 0.3) is 0 Å². The lowest BCUT2D eigenvalue weighted by Crippen LogP contribution is -2.55. The van der Waals surface area contributed by atoms with Gasteiger partial charge in [0.15, 0.2) is 0 Å². The summed E-state index contributed by atoms with van der Waals surface area (Å²) in [4.78, 5) is 28.2. The van der Waals surface area contributed by atoms with E-state index in [0.29, 0.717) is 26.2 Å². The number of amides is 3. The van der Waals surface area contributed by atoms with Crippen molar-refractivity contribution in [2.75, 3.05) is 40.3 Å². The zero-order valence-corrected chi connectivity index (χ0v) is 10.1. The van der Waals surface area contributed by atoms with E-state index >= 15 is 0 Å². The van der Waals surface area contributed by atoms with Gasteiger partial charge in [-0.3, -0.25) is 4.79 Å². The fourth-order valence-corrected chi connectivity index (χ4v) is 1.69. The van der Waals surface area contributed by atoms with Gasteiger partial charge in [-0.25, -0.2) is 4.79 Å². The molecule has 1 fully saturated rings. The molecular formula is C10H20N4O2. The Kier molecular flexibility index (Phi) is 4.12. The molecular weight excluding hydrogens is 208 g/mol. The number of carbonyl (C=O) groups excluding carboxylic acids is 2. The SMILES string of the molecule is CC(N)C(=O)N1CCN(C(=O)N(C)C)CC1. The molecule has 0 aliphatic carbocycles. The van der Waals surface area contributed by atoms with Crippen molar-refractivity contribution in [1.29, 1.82) is 0 Å². The molecule has 92 valence electrons. The highest BCUT2D eigenvalue weighted by Crippen LogP contribution is 2.05. The third-order valence-corrected chi connectivity index (χ3v) is 2.63. The van der Waals surface area contributed by atoms with Crippen molar-refractivity contribution >= 4 is 11.9 Å². The molecule has 1 saturated heterocycles. The van der Waals surface area contributed by atoms with Gasteiger partial charge in [-0.15, -0.1) is 0 Å². The average Bonchev–Trinajstić information content (AvgIpc) is 2.27. The van der Waals surface area contributed by atoms with E-state index in [1.165, 1.54) is 0 Å². The van der Waals surface area contributed by atoms with Gasteiger partial charge in [-0.1, -0.05) is 0 Å². The van der Waals surface area contributed by atoms with Gasteiger partial charge in [-0.2, -0.15) is 0 Å². The molecule has 1 aliphatic rings. The Morgan fingerprint density at radius 2 is 1.56 bits per heavy atom. The van der Waals surface area contributed by atoms with Crippen LogP contribution in [-0.2, 0) is 4.79 Å². The van der Waals surface area contributed by atoms with Crippen LogP contribution in [0.1, 0.15) is 6.92 Å². The standard InChI is InChI=1S/C10H20N4O2/c1-8(11)9(15)13-4-6-14(7-5-13)10(16)12(2)3/h8H,4-7,11H2,1-3H3. The minimum absolute atomic E-state index is 0.00658. The van der Waals surface area contributed by atoms with E-state index in [1.54, 1.807) is 35.7 Å². The fraction of sp³-hybridized carbons (Fsp3) is 0.800. The Labute approximate surface area is 96.0 Å². The molecule has 0 aromatic rings. The second-order valence-electron chi connectivity index (χ2n) is 4.28. The van der Waals surface area contributed by atoms with Crippen LogP contribution < -0.4 is 5.73 Å². The zero-order valence-electron chi connectivity index (χ0n) is 10.1. The number of nitrogens with zero attached hydrogens (tertiary/aromatic N) is 3. The second kappa shape index (κ2) is 5.16. The number of urea groups is 1. The lowest BCUT2D eigenvalue weighted by atomic mass is 10.2. The Morgan fingerprint density at radius 3 is 1.94 bits per heavy atom. The quantitative estimate of drug-likeness (QED) is 0.636. The molecule has 0 saturated carbocycles. The third kappa shape index (κ3) is 2.85. The summed E-state index contributed by atoms with van der Waals surface area (Å²) in [5.41, 5.74) is 5.53. The van der Waals surface area contributed by atoms with Crippen LogP contribution in [0.25, 0.3) is 0 Å². The number of hydrogen-bond donors (Lipinski definition) is 1. The summed E-state index contributed by atoms with van der Waals surface area (Å²) in [5.74, 6) is -0.0445. The van der Waals surface area contributed by atoms with E-state index in [0.717, 1.165) is 0 Å². The Balaban J connectivity index is 2.45. The molecule has 1 rings (SSSR count). The van der Waals surface area contributed by atoms with Crippen LogP contribution >= 0.6 is 0 Å². The highest BCUT2D eigenvalue weighted by Gasteiger charge is 2.25. The Hall–Kier alpha value is -1.30. The van der Waals surface area contributed by atoms with Gasteiger partial charge in [0, 0.05) is 40.3 Å². The first-order valence-corrected chi connectivity index (χ1v) is 5.44. The molecule has 2 N–H and O–H groups in total. The topological polar surface area (TPSA) is 69.9 Å². The second-order valence-corrected chi connectivity index (χ2v) is 4.28. The molecule has 6 heteroatoms. The van der Waals surface area contributed by atoms with Crippen LogP contribution in [0.5, 0.6) is 0 Å². The average molecular weight is 228 g/mol. The van der Waals surface area contributed by atoms with Crippen molar-refractivity contribution in [3.63, 3.8) is 0 Å². The maximum absolute atomic E-state index is 11.6. The van der Waals surface area contributed by atoms with Crippen LogP contribution in [0.2, 0.25) is 0 Å². The maximum atomic E-state index is 11.6. The zero-order chi connectivity index (χ0) is 12.3. The number of nitrogens with two attached hydrogens (primary N) is 1.